The van der Waals surface area contributed by atoms with E-state index in [0.29, 0.717) is 43.2 Å². The molecular weight excluding hydrogens is 692 g/mol. The number of para-hydroxylation sites is 2. The Hall–Kier alpha value is -4.16. The van der Waals surface area contributed by atoms with Gasteiger partial charge in [-0.25, -0.2) is 4.79 Å². The van der Waals surface area contributed by atoms with Crippen molar-refractivity contribution in [3.63, 3.8) is 0 Å². The standard InChI is InChI=1S/C37H45BrN4O7/c1-22-32(39-33(43)30(20-37(2,3)4)40(5)36(46)47)35(45)41(21-27-26-13-12-25(38)19-24(26)11-14-31(27)48-6)28-9-7-8-10-29(28)42(22)34(44)23-15-17-49-18-16-23/h7-14,19,22-23,30,32H,15-18,20-21H2,1-6H3,(H,39,43)(H,46,47)/t22-,30-,32-/m0/s1. The fourth-order valence-corrected chi connectivity index (χ4v) is 7.17. The Morgan fingerprint density at radius 2 is 1.76 bits per heavy atom. The molecule has 11 nitrogen and oxygen atoms in total. The van der Waals surface area contributed by atoms with Crippen LogP contribution in [0.3, 0.4) is 0 Å². The van der Waals surface area contributed by atoms with E-state index in [0.717, 1.165) is 25.7 Å². The lowest BCUT2D eigenvalue weighted by Gasteiger charge is -2.37. The van der Waals surface area contributed by atoms with Crippen molar-refractivity contribution in [3.05, 3.63) is 64.6 Å². The summed E-state index contributed by atoms with van der Waals surface area (Å²) in [5, 5.41) is 14.6. The van der Waals surface area contributed by atoms with Crippen LogP contribution in [0.15, 0.2) is 59.1 Å². The minimum absolute atomic E-state index is 0.0802. The van der Waals surface area contributed by atoms with Crippen molar-refractivity contribution in [1.29, 1.82) is 0 Å². The quantitative estimate of drug-likeness (QED) is 0.282. The van der Waals surface area contributed by atoms with Crippen LogP contribution in [0.25, 0.3) is 10.8 Å². The molecule has 0 radical (unpaired) electrons. The molecule has 0 aromatic heterocycles. The minimum Gasteiger partial charge on any atom is -0.496 e. The number of hydrogen-bond acceptors (Lipinski definition) is 6. The SMILES string of the molecule is COc1ccc2cc(Br)ccc2c1CN1C(=O)[C@@H](NC(=O)[C@H](CC(C)(C)C)N(C)C(=O)O)[C@H](C)N(C(=O)C2CCOCC2)c2ccccc21. The van der Waals surface area contributed by atoms with Gasteiger partial charge in [0.1, 0.15) is 17.8 Å². The van der Waals surface area contributed by atoms with Crippen LogP contribution in [0.5, 0.6) is 5.75 Å². The molecule has 0 spiro atoms. The van der Waals surface area contributed by atoms with Crippen LogP contribution in [0, 0.1) is 11.3 Å². The van der Waals surface area contributed by atoms with Gasteiger partial charge < -0.3 is 29.7 Å². The lowest BCUT2D eigenvalue weighted by molar-refractivity contribution is -0.132. The van der Waals surface area contributed by atoms with Gasteiger partial charge in [0.15, 0.2) is 0 Å². The molecule has 2 aliphatic rings. The monoisotopic (exact) mass is 736 g/mol. The number of nitrogens with zero attached hydrogens (tertiary/aromatic N) is 3. The first-order valence-electron chi connectivity index (χ1n) is 16.5. The lowest BCUT2D eigenvalue weighted by atomic mass is 9.87. The van der Waals surface area contributed by atoms with Gasteiger partial charge in [-0.2, -0.15) is 0 Å². The fraction of sp³-hybridized carbons (Fsp3) is 0.459. The van der Waals surface area contributed by atoms with Gasteiger partial charge in [-0.3, -0.25) is 19.3 Å². The Labute approximate surface area is 295 Å². The summed E-state index contributed by atoms with van der Waals surface area (Å²) in [5.74, 6) is -0.938. The van der Waals surface area contributed by atoms with E-state index in [4.69, 9.17) is 9.47 Å². The first-order valence-corrected chi connectivity index (χ1v) is 17.3. The van der Waals surface area contributed by atoms with Crippen LogP contribution in [-0.2, 0) is 25.7 Å². The largest absolute Gasteiger partial charge is 0.496 e. The van der Waals surface area contributed by atoms with E-state index in [1.54, 1.807) is 23.8 Å². The Balaban J connectivity index is 1.65. The van der Waals surface area contributed by atoms with Gasteiger partial charge in [0.2, 0.25) is 11.8 Å². The second-order valence-electron chi connectivity index (χ2n) is 14.0. The number of halogens is 1. The molecule has 3 aromatic rings. The molecule has 2 aliphatic heterocycles. The molecule has 0 aliphatic carbocycles. The molecule has 0 saturated carbocycles. The van der Waals surface area contributed by atoms with E-state index in [2.05, 4.69) is 21.2 Å². The number of anilines is 2. The van der Waals surface area contributed by atoms with Gasteiger partial charge in [0.25, 0.3) is 5.91 Å². The summed E-state index contributed by atoms with van der Waals surface area (Å²) in [6.07, 6.45) is 0.0379. The van der Waals surface area contributed by atoms with E-state index in [1.165, 1.54) is 7.05 Å². The summed E-state index contributed by atoms with van der Waals surface area (Å²) in [7, 11) is 2.93. The average Bonchev–Trinajstić information content (AvgIpc) is 3.15. The number of likely N-dealkylation sites (N-methyl/N-ethyl adjacent to an activating group) is 1. The molecule has 12 heteroatoms. The maximum Gasteiger partial charge on any atom is 0.407 e. The number of ether oxygens (including phenoxy) is 2. The summed E-state index contributed by atoms with van der Waals surface area (Å²) in [6.45, 7) is 8.52. The zero-order valence-electron chi connectivity index (χ0n) is 28.9. The number of methoxy groups -OCH3 is 1. The molecule has 49 heavy (non-hydrogen) atoms. The van der Waals surface area contributed by atoms with E-state index in [-0.39, 0.29) is 24.8 Å². The first kappa shape index (κ1) is 36.1. The third-order valence-electron chi connectivity index (χ3n) is 9.42. The minimum atomic E-state index is -1.26. The maximum atomic E-state index is 15.0. The highest BCUT2D eigenvalue weighted by atomic mass is 79.9. The van der Waals surface area contributed by atoms with Gasteiger partial charge in [-0.05, 0) is 72.7 Å². The van der Waals surface area contributed by atoms with E-state index in [9.17, 15) is 24.3 Å². The molecule has 3 atom stereocenters. The Morgan fingerprint density at radius 3 is 2.39 bits per heavy atom. The second kappa shape index (κ2) is 14.8. The predicted octanol–water partition coefficient (Wildman–Crippen LogP) is 6.21. The molecule has 5 rings (SSSR count). The van der Waals surface area contributed by atoms with E-state index in [1.807, 2.05) is 75.4 Å². The van der Waals surface area contributed by atoms with Crippen molar-refractivity contribution < 1.29 is 33.8 Å². The number of carboxylic acid groups (broad SMARTS) is 1. The number of carbonyl (C=O) groups excluding carboxylic acids is 3. The Morgan fingerprint density at radius 1 is 1.08 bits per heavy atom. The number of carbonyl (C=O) groups is 4. The first-order chi connectivity index (χ1) is 23.2. The summed E-state index contributed by atoms with van der Waals surface area (Å²) < 4.78 is 12.3. The molecule has 0 unspecified atom stereocenters. The highest BCUT2D eigenvalue weighted by Gasteiger charge is 2.45. The van der Waals surface area contributed by atoms with Crippen LogP contribution in [-0.4, -0.2) is 79.3 Å². The molecule has 1 fully saturated rings. The smallest absolute Gasteiger partial charge is 0.407 e. The molecule has 3 aromatic carbocycles. The van der Waals surface area contributed by atoms with Gasteiger partial charge in [0, 0.05) is 36.2 Å². The van der Waals surface area contributed by atoms with Crippen molar-refractivity contribution >= 4 is 61.9 Å². The molecule has 1 saturated heterocycles. The van der Waals surface area contributed by atoms with Gasteiger partial charge >= 0.3 is 6.09 Å². The van der Waals surface area contributed by atoms with Crippen molar-refractivity contribution in [2.75, 3.05) is 37.2 Å². The van der Waals surface area contributed by atoms with Crippen LogP contribution in [0.1, 0.15) is 52.5 Å². The highest BCUT2D eigenvalue weighted by molar-refractivity contribution is 9.10. The predicted molar refractivity (Wildman–Crippen MR) is 192 cm³/mol. The molecule has 4 amide bonds. The number of nitrogens with one attached hydrogen (secondary N) is 1. The molecule has 0 bridgehead atoms. The van der Waals surface area contributed by atoms with Crippen LogP contribution in [0.4, 0.5) is 16.2 Å². The Bertz CT molecular complexity index is 1740. The third-order valence-corrected chi connectivity index (χ3v) is 9.92. The number of amides is 4. The number of hydrogen-bond donors (Lipinski definition) is 2. The number of fused-ring (bicyclic) bond motifs is 2. The topological polar surface area (TPSA) is 129 Å². The van der Waals surface area contributed by atoms with Gasteiger partial charge in [-0.1, -0.05) is 61.0 Å². The summed E-state index contributed by atoms with van der Waals surface area (Å²) in [5.41, 5.74) is 1.42. The normalized spacial score (nSPS) is 19.2. The number of benzene rings is 3. The van der Waals surface area contributed by atoms with Crippen molar-refractivity contribution in [1.82, 2.24) is 10.2 Å². The molecular formula is C37H45BrN4O7. The lowest BCUT2D eigenvalue weighted by Crippen LogP contribution is -2.61. The fourth-order valence-electron chi connectivity index (χ4n) is 6.79. The van der Waals surface area contributed by atoms with Crippen molar-refractivity contribution in [3.8, 4) is 5.75 Å². The zero-order chi connectivity index (χ0) is 35.6. The zero-order valence-corrected chi connectivity index (χ0v) is 30.5. The van der Waals surface area contributed by atoms with Crippen LogP contribution < -0.4 is 19.9 Å². The van der Waals surface area contributed by atoms with Gasteiger partial charge in [0.05, 0.1) is 31.1 Å². The second-order valence-corrected chi connectivity index (χ2v) is 14.9. The number of rotatable bonds is 8. The van der Waals surface area contributed by atoms with Crippen molar-refractivity contribution in [2.24, 2.45) is 11.3 Å². The molecule has 2 heterocycles. The van der Waals surface area contributed by atoms with Crippen LogP contribution >= 0.6 is 15.9 Å². The maximum absolute atomic E-state index is 15.0. The summed E-state index contributed by atoms with van der Waals surface area (Å²) in [4.78, 5) is 59.9. The Kier molecular flexibility index (Phi) is 10.9. The van der Waals surface area contributed by atoms with Gasteiger partial charge in [-0.15, -0.1) is 0 Å². The average molecular weight is 738 g/mol. The molecule has 2 N–H and O–H groups in total. The van der Waals surface area contributed by atoms with Crippen LogP contribution in [0.2, 0.25) is 0 Å². The highest BCUT2D eigenvalue weighted by Crippen LogP contribution is 2.40. The molecule has 262 valence electrons. The summed E-state index contributed by atoms with van der Waals surface area (Å²) >= 11 is 3.55. The summed E-state index contributed by atoms with van der Waals surface area (Å²) in [6, 6.07) is 13.9. The van der Waals surface area contributed by atoms with E-state index < -0.39 is 41.4 Å². The van der Waals surface area contributed by atoms with E-state index >= 15 is 0 Å². The van der Waals surface area contributed by atoms with Crippen molar-refractivity contribution in [2.45, 2.75) is 71.6 Å². The third kappa shape index (κ3) is 7.70.